The van der Waals surface area contributed by atoms with Gasteiger partial charge < -0.3 is 15.0 Å². The van der Waals surface area contributed by atoms with Gasteiger partial charge in [-0.2, -0.15) is 0 Å². The summed E-state index contributed by atoms with van der Waals surface area (Å²) in [4.78, 5) is 6.51. The van der Waals surface area contributed by atoms with Crippen molar-refractivity contribution in [2.45, 2.75) is 0 Å². The molecule has 1 saturated heterocycles. The highest BCUT2D eigenvalue weighted by atomic mass is 19.1. The van der Waals surface area contributed by atoms with Crippen molar-refractivity contribution in [2.75, 3.05) is 43.6 Å². The topological polar surface area (TPSA) is 37.4 Å². The highest BCUT2D eigenvalue weighted by molar-refractivity contribution is 6.00. The third kappa shape index (κ3) is 2.10. The first-order valence-electron chi connectivity index (χ1n) is 6.39. The van der Waals surface area contributed by atoms with Crippen LogP contribution < -0.4 is 10.2 Å². The van der Waals surface area contributed by atoms with Crippen molar-refractivity contribution in [2.24, 2.45) is 0 Å². The maximum Gasteiger partial charge on any atom is 0.139 e. The molecule has 4 nitrogen and oxygen atoms in total. The smallest absolute Gasteiger partial charge is 0.139 e. The van der Waals surface area contributed by atoms with Crippen LogP contribution >= 0.6 is 0 Å². The third-order valence-corrected chi connectivity index (χ3v) is 3.42. The fourth-order valence-electron chi connectivity index (χ4n) is 2.45. The van der Waals surface area contributed by atoms with E-state index in [0.717, 1.165) is 24.2 Å². The molecule has 1 fully saturated rings. The number of nitrogens with zero attached hydrogens (tertiary/aromatic N) is 2. The molecule has 2 aromatic rings. The molecule has 0 atom stereocenters. The number of rotatable bonds is 2. The Bertz CT molecular complexity index is 597. The normalized spacial score (nSPS) is 15.8. The van der Waals surface area contributed by atoms with Gasteiger partial charge in [-0.1, -0.05) is 12.1 Å². The number of benzene rings is 1. The van der Waals surface area contributed by atoms with Crippen molar-refractivity contribution in [1.82, 2.24) is 4.98 Å². The third-order valence-electron chi connectivity index (χ3n) is 3.42. The lowest BCUT2D eigenvalue weighted by molar-refractivity contribution is 0.122. The molecule has 0 radical (unpaired) electrons. The number of aromatic nitrogens is 1. The Morgan fingerprint density at radius 2 is 2.11 bits per heavy atom. The van der Waals surface area contributed by atoms with Crippen LogP contribution in [0.3, 0.4) is 0 Å². The van der Waals surface area contributed by atoms with Gasteiger partial charge in [-0.25, -0.2) is 9.37 Å². The van der Waals surface area contributed by atoms with Crippen LogP contribution in [0.4, 0.5) is 15.9 Å². The summed E-state index contributed by atoms with van der Waals surface area (Å²) >= 11 is 0. The van der Waals surface area contributed by atoms with E-state index in [0.29, 0.717) is 24.4 Å². The summed E-state index contributed by atoms with van der Waals surface area (Å²) in [5, 5.41) is 4.49. The average molecular weight is 261 g/mol. The highest BCUT2D eigenvalue weighted by Crippen LogP contribution is 2.32. The van der Waals surface area contributed by atoms with E-state index in [1.807, 2.05) is 13.1 Å². The summed E-state index contributed by atoms with van der Waals surface area (Å²) in [5.74, 6) is 0.471. The number of morpholine rings is 1. The molecule has 3 rings (SSSR count). The van der Waals surface area contributed by atoms with Gasteiger partial charge >= 0.3 is 0 Å². The lowest BCUT2D eigenvalue weighted by Crippen LogP contribution is -2.37. The predicted molar refractivity (Wildman–Crippen MR) is 74.3 cm³/mol. The van der Waals surface area contributed by atoms with Gasteiger partial charge in [0.15, 0.2) is 0 Å². The Morgan fingerprint density at radius 3 is 2.84 bits per heavy atom. The van der Waals surface area contributed by atoms with Crippen LogP contribution in [0, 0.1) is 5.82 Å². The molecular weight excluding hydrogens is 245 g/mol. The number of nitrogens with one attached hydrogen (secondary N) is 1. The van der Waals surface area contributed by atoms with E-state index >= 15 is 0 Å². The van der Waals surface area contributed by atoms with Crippen molar-refractivity contribution < 1.29 is 9.13 Å². The minimum Gasteiger partial charge on any atom is -0.386 e. The summed E-state index contributed by atoms with van der Waals surface area (Å²) in [6.45, 7) is 2.81. The van der Waals surface area contributed by atoms with Crippen LogP contribution in [0.5, 0.6) is 0 Å². The molecule has 1 aromatic carbocycles. The molecule has 0 spiro atoms. The van der Waals surface area contributed by atoms with Crippen LogP contribution in [0.2, 0.25) is 0 Å². The zero-order valence-corrected chi connectivity index (χ0v) is 10.8. The van der Waals surface area contributed by atoms with E-state index in [-0.39, 0.29) is 5.82 Å². The second kappa shape index (κ2) is 5.01. The standard InChI is InChI=1S/C14H16FN3O/c1-16-12-9-17-14(18-5-7-19-8-6-18)13-10(12)3-2-4-11(13)15/h2-4,9,16H,5-8H2,1H3. The van der Waals surface area contributed by atoms with Crippen molar-refractivity contribution in [1.29, 1.82) is 0 Å². The average Bonchev–Trinajstić information content (AvgIpc) is 2.47. The van der Waals surface area contributed by atoms with Crippen molar-refractivity contribution >= 4 is 22.3 Å². The van der Waals surface area contributed by atoms with E-state index in [9.17, 15) is 4.39 Å². The number of ether oxygens (including phenoxy) is 1. The van der Waals surface area contributed by atoms with Crippen molar-refractivity contribution in [3.05, 3.63) is 30.2 Å². The molecule has 2 heterocycles. The first-order valence-corrected chi connectivity index (χ1v) is 6.39. The zero-order valence-electron chi connectivity index (χ0n) is 10.8. The fourth-order valence-corrected chi connectivity index (χ4v) is 2.45. The monoisotopic (exact) mass is 261 g/mol. The van der Waals surface area contributed by atoms with E-state index < -0.39 is 0 Å². The molecule has 0 bridgehead atoms. The summed E-state index contributed by atoms with van der Waals surface area (Å²) in [5.41, 5.74) is 0.839. The number of hydrogen-bond donors (Lipinski definition) is 1. The van der Waals surface area contributed by atoms with Gasteiger partial charge in [0.25, 0.3) is 0 Å². The second-order valence-corrected chi connectivity index (χ2v) is 4.51. The Hall–Kier alpha value is -1.88. The van der Waals surface area contributed by atoms with Crippen LogP contribution in [-0.4, -0.2) is 38.3 Å². The van der Waals surface area contributed by atoms with Gasteiger partial charge in [-0.15, -0.1) is 0 Å². The van der Waals surface area contributed by atoms with E-state index in [4.69, 9.17) is 4.74 Å². The van der Waals surface area contributed by atoms with Crippen molar-refractivity contribution in [3.8, 4) is 0 Å². The van der Waals surface area contributed by atoms with Crippen molar-refractivity contribution in [3.63, 3.8) is 0 Å². The molecule has 1 aromatic heterocycles. The van der Waals surface area contributed by atoms with E-state index in [2.05, 4.69) is 15.2 Å². The van der Waals surface area contributed by atoms with Gasteiger partial charge in [0.05, 0.1) is 30.5 Å². The minimum atomic E-state index is -0.233. The quantitative estimate of drug-likeness (QED) is 0.899. The molecule has 1 aliphatic heterocycles. The number of anilines is 2. The Labute approximate surface area is 111 Å². The number of pyridine rings is 1. The molecule has 0 unspecified atom stereocenters. The molecule has 1 N–H and O–H groups in total. The number of hydrogen-bond acceptors (Lipinski definition) is 4. The molecule has 1 aliphatic rings. The highest BCUT2D eigenvalue weighted by Gasteiger charge is 2.18. The molecule has 5 heteroatoms. The van der Waals surface area contributed by atoms with Crippen LogP contribution in [0.15, 0.2) is 24.4 Å². The molecule has 0 aliphatic carbocycles. The lowest BCUT2D eigenvalue weighted by atomic mass is 10.1. The molecular formula is C14H16FN3O. The summed E-state index contributed by atoms with van der Waals surface area (Å²) in [6, 6.07) is 5.12. The Kier molecular flexibility index (Phi) is 3.21. The maximum atomic E-state index is 14.2. The van der Waals surface area contributed by atoms with Gasteiger partial charge in [0, 0.05) is 25.5 Å². The SMILES string of the molecule is CNc1cnc(N2CCOCC2)c2c(F)cccc12. The summed E-state index contributed by atoms with van der Waals surface area (Å²) < 4.78 is 19.5. The Morgan fingerprint density at radius 1 is 1.32 bits per heavy atom. The molecule has 0 amide bonds. The first kappa shape index (κ1) is 12.2. The molecule has 0 saturated carbocycles. The van der Waals surface area contributed by atoms with E-state index in [1.165, 1.54) is 6.07 Å². The molecule has 19 heavy (non-hydrogen) atoms. The minimum absolute atomic E-state index is 0.233. The molecule has 100 valence electrons. The van der Waals surface area contributed by atoms with E-state index in [1.54, 1.807) is 12.3 Å². The fraction of sp³-hybridized carbons (Fsp3) is 0.357. The maximum absolute atomic E-state index is 14.2. The van der Waals surface area contributed by atoms with Gasteiger partial charge in [-0.3, -0.25) is 0 Å². The van der Waals surface area contributed by atoms with Gasteiger partial charge in [-0.05, 0) is 6.07 Å². The lowest BCUT2D eigenvalue weighted by Gasteiger charge is -2.29. The predicted octanol–water partition coefficient (Wildman–Crippen LogP) is 2.25. The zero-order chi connectivity index (χ0) is 13.2. The summed E-state index contributed by atoms with van der Waals surface area (Å²) in [7, 11) is 1.82. The number of fused-ring (bicyclic) bond motifs is 1. The van der Waals surface area contributed by atoms with Gasteiger partial charge in [0.2, 0.25) is 0 Å². The summed E-state index contributed by atoms with van der Waals surface area (Å²) in [6.07, 6.45) is 1.76. The largest absolute Gasteiger partial charge is 0.386 e. The number of halogens is 1. The first-order chi connectivity index (χ1) is 9.31. The van der Waals surface area contributed by atoms with Crippen LogP contribution in [0.1, 0.15) is 0 Å². The van der Waals surface area contributed by atoms with Crippen LogP contribution in [0.25, 0.3) is 10.8 Å². The second-order valence-electron chi connectivity index (χ2n) is 4.51. The van der Waals surface area contributed by atoms with Gasteiger partial charge in [0.1, 0.15) is 11.6 Å². The van der Waals surface area contributed by atoms with Crippen LogP contribution in [-0.2, 0) is 4.74 Å². The Balaban J connectivity index is 2.19.